The number of hydrogen-bond acceptors (Lipinski definition) is 4. The van der Waals surface area contributed by atoms with Crippen molar-refractivity contribution < 1.29 is 8.91 Å². The van der Waals surface area contributed by atoms with Crippen molar-refractivity contribution >= 4 is 15.9 Å². The van der Waals surface area contributed by atoms with Crippen LogP contribution in [0.5, 0.6) is 0 Å². The number of nitrogens with two attached hydrogens (primary N) is 1. The summed E-state index contributed by atoms with van der Waals surface area (Å²) in [4.78, 5) is 4.15. The Kier molecular flexibility index (Phi) is 3.88. The lowest BCUT2D eigenvalue weighted by Gasteiger charge is -2.01. The topological polar surface area (TPSA) is 64.9 Å². The molecular weight excluding hydrogens is 301 g/mol. The van der Waals surface area contributed by atoms with Gasteiger partial charge in [0.15, 0.2) is 0 Å². The third-order valence-corrected chi connectivity index (χ3v) is 3.04. The van der Waals surface area contributed by atoms with E-state index in [1.165, 1.54) is 12.1 Å². The van der Waals surface area contributed by atoms with Crippen LogP contribution in [0.25, 0.3) is 11.4 Å². The Morgan fingerprint density at radius 1 is 1.56 bits per heavy atom. The zero-order valence-electron chi connectivity index (χ0n) is 9.44. The van der Waals surface area contributed by atoms with Crippen molar-refractivity contribution in [2.45, 2.75) is 12.5 Å². The molecule has 18 heavy (non-hydrogen) atoms. The summed E-state index contributed by atoms with van der Waals surface area (Å²) in [6.07, 6.45) is 2.21. The Morgan fingerprint density at radius 2 is 2.33 bits per heavy atom. The average Bonchev–Trinajstić information content (AvgIpc) is 2.82. The molecule has 2 aromatic rings. The summed E-state index contributed by atoms with van der Waals surface area (Å²) in [7, 11) is 0. The molecule has 0 aliphatic rings. The highest BCUT2D eigenvalue weighted by Crippen LogP contribution is 2.27. The van der Waals surface area contributed by atoms with Gasteiger partial charge in [-0.15, -0.1) is 6.58 Å². The first-order chi connectivity index (χ1) is 8.61. The van der Waals surface area contributed by atoms with Crippen molar-refractivity contribution in [2.75, 3.05) is 0 Å². The second-order valence-corrected chi connectivity index (χ2v) is 4.57. The zero-order valence-corrected chi connectivity index (χ0v) is 11.0. The first-order valence-electron chi connectivity index (χ1n) is 5.27. The lowest BCUT2D eigenvalue weighted by molar-refractivity contribution is 0.356. The predicted octanol–water partition coefficient (Wildman–Crippen LogP) is 3.21. The molecule has 1 atom stereocenters. The maximum absolute atomic E-state index is 13.2. The molecule has 1 aromatic carbocycles. The molecule has 0 radical (unpaired) electrons. The van der Waals surface area contributed by atoms with Crippen LogP contribution in [0.4, 0.5) is 4.39 Å². The molecule has 2 N–H and O–H groups in total. The zero-order chi connectivity index (χ0) is 13.1. The molecule has 0 bridgehead atoms. The van der Waals surface area contributed by atoms with Crippen LogP contribution in [0.15, 0.2) is 39.8 Å². The molecule has 1 unspecified atom stereocenters. The van der Waals surface area contributed by atoms with Crippen LogP contribution in [-0.4, -0.2) is 10.1 Å². The highest BCUT2D eigenvalue weighted by atomic mass is 79.9. The van der Waals surface area contributed by atoms with Crippen molar-refractivity contribution in [3.63, 3.8) is 0 Å². The number of halogens is 2. The molecule has 2 rings (SSSR count). The predicted molar refractivity (Wildman–Crippen MR) is 69.1 cm³/mol. The van der Waals surface area contributed by atoms with Crippen LogP contribution >= 0.6 is 15.9 Å². The van der Waals surface area contributed by atoms with Gasteiger partial charge in [-0.1, -0.05) is 27.2 Å². The van der Waals surface area contributed by atoms with E-state index >= 15 is 0 Å². The van der Waals surface area contributed by atoms with E-state index in [0.717, 1.165) is 0 Å². The molecule has 0 aliphatic carbocycles. The van der Waals surface area contributed by atoms with Crippen molar-refractivity contribution in [1.29, 1.82) is 0 Å². The molecule has 1 aromatic heterocycles. The van der Waals surface area contributed by atoms with Crippen molar-refractivity contribution in [3.05, 3.63) is 47.0 Å². The minimum Gasteiger partial charge on any atom is -0.337 e. The normalized spacial score (nSPS) is 12.4. The van der Waals surface area contributed by atoms with Gasteiger partial charge in [-0.3, -0.25) is 0 Å². The third-order valence-electron chi connectivity index (χ3n) is 2.35. The fourth-order valence-corrected chi connectivity index (χ4v) is 1.87. The van der Waals surface area contributed by atoms with Gasteiger partial charge in [0, 0.05) is 10.0 Å². The number of hydrogen-bond donors (Lipinski definition) is 1. The van der Waals surface area contributed by atoms with E-state index in [4.69, 9.17) is 10.3 Å². The molecular formula is C12H11BrFN3O. The lowest BCUT2D eigenvalue weighted by atomic mass is 10.2. The summed E-state index contributed by atoms with van der Waals surface area (Å²) >= 11 is 3.31. The standard InChI is InChI=1S/C12H11BrFN3O/c1-2-3-10(15)12-16-11(17-18-12)8-6-7(14)4-5-9(8)13/h2,4-6,10H,1,3,15H2. The van der Waals surface area contributed by atoms with Crippen molar-refractivity contribution in [1.82, 2.24) is 10.1 Å². The Bertz CT molecular complexity index is 570. The second-order valence-electron chi connectivity index (χ2n) is 3.71. The number of benzene rings is 1. The Labute approximate surface area is 112 Å². The fraction of sp³-hybridized carbons (Fsp3) is 0.167. The van der Waals surface area contributed by atoms with Crippen molar-refractivity contribution in [3.8, 4) is 11.4 Å². The van der Waals surface area contributed by atoms with E-state index in [2.05, 4.69) is 32.6 Å². The fourth-order valence-electron chi connectivity index (χ4n) is 1.44. The minimum absolute atomic E-state index is 0.302. The Hall–Kier alpha value is -1.53. The van der Waals surface area contributed by atoms with Gasteiger partial charge in [0.25, 0.3) is 0 Å². The molecule has 0 fully saturated rings. The molecule has 0 amide bonds. The Morgan fingerprint density at radius 3 is 3.06 bits per heavy atom. The van der Waals surface area contributed by atoms with Crippen LogP contribution in [0, 0.1) is 5.82 Å². The van der Waals surface area contributed by atoms with Gasteiger partial charge in [-0.2, -0.15) is 4.98 Å². The van der Waals surface area contributed by atoms with Gasteiger partial charge < -0.3 is 10.3 Å². The van der Waals surface area contributed by atoms with Crippen LogP contribution < -0.4 is 5.73 Å². The highest BCUT2D eigenvalue weighted by Gasteiger charge is 2.16. The van der Waals surface area contributed by atoms with E-state index in [1.54, 1.807) is 12.1 Å². The summed E-state index contributed by atoms with van der Waals surface area (Å²) < 4.78 is 18.9. The smallest absolute Gasteiger partial charge is 0.244 e. The number of aromatic nitrogens is 2. The van der Waals surface area contributed by atoms with Crippen LogP contribution in [0.1, 0.15) is 18.4 Å². The first-order valence-corrected chi connectivity index (χ1v) is 6.06. The van der Waals surface area contributed by atoms with Gasteiger partial charge >= 0.3 is 0 Å². The molecule has 1 heterocycles. The quantitative estimate of drug-likeness (QED) is 0.880. The molecule has 6 heteroatoms. The summed E-state index contributed by atoms with van der Waals surface area (Å²) in [6.45, 7) is 3.59. The van der Waals surface area contributed by atoms with E-state index in [9.17, 15) is 4.39 Å². The van der Waals surface area contributed by atoms with Crippen LogP contribution in [0.2, 0.25) is 0 Å². The monoisotopic (exact) mass is 311 g/mol. The second kappa shape index (κ2) is 5.41. The SMILES string of the molecule is C=CCC(N)c1nc(-c2cc(F)ccc2Br)no1. The largest absolute Gasteiger partial charge is 0.337 e. The van der Waals surface area contributed by atoms with E-state index in [0.29, 0.717) is 28.2 Å². The van der Waals surface area contributed by atoms with Gasteiger partial charge in [0.1, 0.15) is 5.82 Å². The third kappa shape index (κ3) is 2.65. The molecule has 0 saturated heterocycles. The summed E-state index contributed by atoms with van der Waals surface area (Å²) in [6, 6.07) is 3.87. The van der Waals surface area contributed by atoms with Crippen LogP contribution in [0.3, 0.4) is 0 Å². The van der Waals surface area contributed by atoms with Gasteiger partial charge in [0.05, 0.1) is 6.04 Å². The van der Waals surface area contributed by atoms with Gasteiger partial charge in [-0.05, 0) is 24.6 Å². The molecule has 4 nitrogen and oxygen atoms in total. The summed E-state index contributed by atoms with van der Waals surface area (Å²) in [5, 5.41) is 3.79. The van der Waals surface area contributed by atoms with Gasteiger partial charge in [0.2, 0.25) is 11.7 Å². The van der Waals surface area contributed by atoms with Crippen molar-refractivity contribution in [2.24, 2.45) is 5.73 Å². The Balaban J connectivity index is 2.34. The molecule has 0 spiro atoms. The first kappa shape index (κ1) is 12.9. The van der Waals surface area contributed by atoms with Crippen LogP contribution in [-0.2, 0) is 0 Å². The summed E-state index contributed by atoms with van der Waals surface area (Å²) in [5.74, 6) is 0.242. The summed E-state index contributed by atoms with van der Waals surface area (Å²) in [5.41, 5.74) is 6.34. The van der Waals surface area contributed by atoms with E-state index in [1.807, 2.05) is 0 Å². The van der Waals surface area contributed by atoms with Gasteiger partial charge in [-0.25, -0.2) is 4.39 Å². The lowest BCUT2D eigenvalue weighted by Crippen LogP contribution is -2.09. The van der Waals surface area contributed by atoms with E-state index in [-0.39, 0.29) is 5.82 Å². The number of nitrogens with zero attached hydrogens (tertiary/aromatic N) is 2. The highest BCUT2D eigenvalue weighted by molar-refractivity contribution is 9.10. The average molecular weight is 312 g/mol. The minimum atomic E-state index is -0.393. The maximum atomic E-state index is 13.2. The molecule has 94 valence electrons. The maximum Gasteiger partial charge on any atom is 0.244 e. The molecule has 0 aliphatic heterocycles. The molecule has 0 saturated carbocycles. The number of rotatable bonds is 4. The van der Waals surface area contributed by atoms with E-state index < -0.39 is 6.04 Å².